The molecule has 1 aromatic carbocycles. The normalized spacial score (nSPS) is 12.4. The van der Waals surface area contributed by atoms with E-state index in [1.54, 1.807) is 0 Å². The minimum Gasteiger partial charge on any atom is -0.366 e. The average Bonchev–Trinajstić information content (AvgIpc) is 2.52. The maximum absolute atomic E-state index is 5.85. The molecule has 0 amide bonds. The Morgan fingerprint density at radius 2 is 1.90 bits per heavy atom. The lowest BCUT2D eigenvalue weighted by Crippen LogP contribution is -2.16. The van der Waals surface area contributed by atoms with Gasteiger partial charge in [0.15, 0.2) is 5.82 Å². The molecule has 112 valence electrons. The first-order chi connectivity index (χ1) is 10.2. The fraction of sp³-hybridized carbons (Fsp3) is 0.375. The van der Waals surface area contributed by atoms with Crippen LogP contribution in [-0.2, 0) is 4.74 Å². The lowest BCUT2D eigenvalue weighted by molar-refractivity contribution is 0.0850. The molecule has 0 aliphatic rings. The first kappa shape index (κ1) is 15.4. The zero-order chi connectivity index (χ0) is 15.2. The van der Waals surface area contributed by atoms with Crippen molar-refractivity contribution in [1.82, 2.24) is 9.97 Å². The molecule has 0 spiro atoms. The van der Waals surface area contributed by atoms with Crippen LogP contribution in [-0.4, -0.2) is 16.6 Å². The molecule has 0 saturated carbocycles. The van der Waals surface area contributed by atoms with Crippen molar-refractivity contribution < 1.29 is 4.74 Å². The second-order valence-electron chi connectivity index (χ2n) is 5.08. The largest absolute Gasteiger partial charge is 0.366 e. The van der Waals surface area contributed by atoms with Crippen molar-refractivity contribution in [1.29, 1.82) is 0 Å². The summed E-state index contributed by atoms with van der Waals surface area (Å²) < 4.78 is 5.85. The number of nitrogen functional groups attached to an aromatic ring is 1. The SMILES string of the molecule is CCOC(c1ccccc1)c1nc(NN)cc(C(C)C)n1. The molecule has 5 nitrogen and oxygen atoms in total. The van der Waals surface area contributed by atoms with Gasteiger partial charge in [-0.15, -0.1) is 0 Å². The molecule has 0 aliphatic carbocycles. The summed E-state index contributed by atoms with van der Waals surface area (Å²) in [7, 11) is 0. The van der Waals surface area contributed by atoms with Crippen molar-refractivity contribution in [2.24, 2.45) is 5.84 Å². The van der Waals surface area contributed by atoms with Crippen molar-refractivity contribution >= 4 is 5.82 Å². The number of aromatic nitrogens is 2. The average molecular weight is 286 g/mol. The van der Waals surface area contributed by atoms with Crippen molar-refractivity contribution in [3.8, 4) is 0 Å². The molecule has 0 fully saturated rings. The lowest BCUT2D eigenvalue weighted by atomic mass is 10.1. The van der Waals surface area contributed by atoms with Crippen LogP contribution in [0.5, 0.6) is 0 Å². The molecule has 1 heterocycles. The molecule has 1 aromatic heterocycles. The summed E-state index contributed by atoms with van der Waals surface area (Å²) in [5.74, 6) is 7.04. The number of nitrogens with two attached hydrogens (primary N) is 1. The van der Waals surface area contributed by atoms with E-state index in [-0.39, 0.29) is 12.0 Å². The number of hydrazine groups is 1. The smallest absolute Gasteiger partial charge is 0.164 e. The van der Waals surface area contributed by atoms with Crippen LogP contribution < -0.4 is 11.3 Å². The minimum absolute atomic E-state index is 0.289. The molecule has 0 bridgehead atoms. The van der Waals surface area contributed by atoms with E-state index in [0.717, 1.165) is 11.3 Å². The molecule has 3 N–H and O–H groups in total. The summed E-state index contributed by atoms with van der Waals surface area (Å²) in [5.41, 5.74) is 4.57. The predicted octanol–water partition coefficient (Wildman–Crippen LogP) is 3.01. The molecule has 0 radical (unpaired) electrons. The molecule has 1 unspecified atom stereocenters. The van der Waals surface area contributed by atoms with Gasteiger partial charge in [0, 0.05) is 18.4 Å². The third kappa shape index (κ3) is 3.77. The quantitative estimate of drug-likeness (QED) is 0.631. The number of nitrogens with one attached hydrogen (secondary N) is 1. The first-order valence-corrected chi connectivity index (χ1v) is 7.17. The highest BCUT2D eigenvalue weighted by Crippen LogP contribution is 2.26. The molecular formula is C16H22N4O. The van der Waals surface area contributed by atoms with Crippen LogP contribution in [0.1, 0.15) is 49.9 Å². The fourth-order valence-electron chi connectivity index (χ4n) is 2.09. The fourth-order valence-corrected chi connectivity index (χ4v) is 2.09. The highest BCUT2D eigenvalue weighted by atomic mass is 16.5. The molecule has 2 rings (SSSR count). The maximum Gasteiger partial charge on any atom is 0.164 e. The van der Waals surface area contributed by atoms with E-state index in [1.165, 1.54) is 0 Å². The van der Waals surface area contributed by atoms with Gasteiger partial charge in [0.2, 0.25) is 0 Å². The topological polar surface area (TPSA) is 73.1 Å². The van der Waals surface area contributed by atoms with E-state index in [0.29, 0.717) is 18.2 Å². The van der Waals surface area contributed by atoms with Crippen molar-refractivity contribution in [3.05, 3.63) is 53.5 Å². The van der Waals surface area contributed by atoms with Gasteiger partial charge in [0.05, 0.1) is 0 Å². The number of hydrogen-bond donors (Lipinski definition) is 2. The van der Waals surface area contributed by atoms with E-state index in [9.17, 15) is 0 Å². The zero-order valence-electron chi connectivity index (χ0n) is 12.7. The third-order valence-corrected chi connectivity index (χ3v) is 3.17. The van der Waals surface area contributed by atoms with E-state index in [1.807, 2.05) is 43.3 Å². The second-order valence-corrected chi connectivity index (χ2v) is 5.08. The number of nitrogens with zero attached hydrogens (tertiary/aromatic N) is 2. The first-order valence-electron chi connectivity index (χ1n) is 7.17. The van der Waals surface area contributed by atoms with Crippen molar-refractivity contribution in [2.45, 2.75) is 32.8 Å². The molecule has 5 heteroatoms. The summed E-state index contributed by atoms with van der Waals surface area (Å²) in [6.45, 7) is 6.72. The van der Waals surface area contributed by atoms with Gasteiger partial charge >= 0.3 is 0 Å². The number of ether oxygens (including phenoxy) is 1. The van der Waals surface area contributed by atoms with Crippen molar-refractivity contribution in [2.75, 3.05) is 12.0 Å². The number of hydrogen-bond acceptors (Lipinski definition) is 5. The number of rotatable bonds is 6. The third-order valence-electron chi connectivity index (χ3n) is 3.17. The summed E-state index contributed by atoms with van der Waals surface area (Å²) in [5, 5.41) is 0. The Bertz CT molecular complexity index is 572. The van der Waals surface area contributed by atoms with E-state index >= 15 is 0 Å². The van der Waals surface area contributed by atoms with Crippen LogP contribution in [0.4, 0.5) is 5.82 Å². The van der Waals surface area contributed by atoms with Gasteiger partial charge in [0.1, 0.15) is 11.9 Å². The van der Waals surface area contributed by atoms with Gasteiger partial charge in [0.25, 0.3) is 0 Å². The van der Waals surface area contributed by atoms with E-state index in [4.69, 9.17) is 10.6 Å². The van der Waals surface area contributed by atoms with Gasteiger partial charge in [-0.25, -0.2) is 15.8 Å². The molecule has 1 atom stereocenters. The Morgan fingerprint density at radius 3 is 2.48 bits per heavy atom. The van der Waals surface area contributed by atoms with Crippen LogP contribution in [0.25, 0.3) is 0 Å². The van der Waals surface area contributed by atoms with Gasteiger partial charge in [-0.05, 0) is 18.4 Å². The highest BCUT2D eigenvalue weighted by molar-refractivity contribution is 5.37. The molecule has 0 saturated heterocycles. The van der Waals surface area contributed by atoms with Crippen LogP contribution in [0.15, 0.2) is 36.4 Å². The minimum atomic E-state index is -0.290. The van der Waals surface area contributed by atoms with Gasteiger partial charge < -0.3 is 10.2 Å². The second kappa shape index (κ2) is 7.15. The number of anilines is 1. The zero-order valence-corrected chi connectivity index (χ0v) is 12.7. The Morgan fingerprint density at radius 1 is 1.19 bits per heavy atom. The highest BCUT2D eigenvalue weighted by Gasteiger charge is 2.19. The summed E-state index contributed by atoms with van der Waals surface area (Å²) in [4.78, 5) is 9.10. The Labute approximate surface area is 125 Å². The van der Waals surface area contributed by atoms with E-state index < -0.39 is 0 Å². The van der Waals surface area contributed by atoms with Gasteiger partial charge in [-0.1, -0.05) is 44.2 Å². The van der Waals surface area contributed by atoms with Crippen LogP contribution in [0, 0.1) is 0 Å². The van der Waals surface area contributed by atoms with Crippen LogP contribution >= 0.6 is 0 Å². The Kier molecular flexibility index (Phi) is 5.25. The monoisotopic (exact) mass is 286 g/mol. The summed E-state index contributed by atoms with van der Waals surface area (Å²) in [6, 6.07) is 11.8. The maximum atomic E-state index is 5.85. The summed E-state index contributed by atoms with van der Waals surface area (Å²) in [6.07, 6.45) is -0.290. The Balaban J connectivity index is 2.47. The van der Waals surface area contributed by atoms with Crippen LogP contribution in [0.2, 0.25) is 0 Å². The standard InChI is InChI=1S/C16H22N4O/c1-4-21-15(12-8-6-5-7-9-12)16-18-13(11(2)3)10-14(19-16)20-17/h5-11,15H,4,17H2,1-3H3,(H,18,19,20). The predicted molar refractivity (Wildman–Crippen MR) is 83.8 cm³/mol. The van der Waals surface area contributed by atoms with E-state index in [2.05, 4.69) is 29.2 Å². The molecular weight excluding hydrogens is 264 g/mol. The lowest BCUT2D eigenvalue weighted by Gasteiger charge is -2.18. The molecule has 21 heavy (non-hydrogen) atoms. The Hall–Kier alpha value is -1.98. The summed E-state index contributed by atoms with van der Waals surface area (Å²) >= 11 is 0. The van der Waals surface area contributed by atoms with Crippen LogP contribution in [0.3, 0.4) is 0 Å². The molecule has 2 aromatic rings. The van der Waals surface area contributed by atoms with Crippen molar-refractivity contribution in [3.63, 3.8) is 0 Å². The van der Waals surface area contributed by atoms with Gasteiger partial charge in [-0.3, -0.25) is 0 Å². The van der Waals surface area contributed by atoms with Gasteiger partial charge in [-0.2, -0.15) is 0 Å². The number of benzene rings is 1. The molecule has 0 aliphatic heterocycles.